The van der Waals surface area contributed by atoms with E-state index in [2.05, 4.69) is 12.2 Å². The maximum absolute atomic E-state index is 13.3. The molecule has 0 fully saturated rings. The lowest BCUT2D eigenvalue weighted by molar-refractivity contribution is 0.351. The third kappa shape index (κ3) is 3.17. The average Bonchev–Trinajstić information content (AvgIpc) is 2.35. The third-order valence-corrected chi connectivity index (χ3v) is 3.14. The Balaban J connectivity index is 3.13. The number of hydrogen-bond donors (Lipinski definition) is 2. The van der Waals surface area contributed by atoms with Gasteiger partial charge in [0.05, 0.1) is 7.11 Å². The number of methoxy groups -OCH3 is 1. The molecule has 0 heterocycles. The van der Waals surface area contributed by atoms with Crippen LogP contribution in [0.4, 0.5) is 4.39 Å². The molecular formula is C13H21FN2O. The number of hydrogen-bond acceptors (Lipinski definition) is 3. The van der Waals surface area contributed by atoms with Gasteiger partial charge in [-0.15, -0.1) is 0 Å². The maximum atomic E-state index is 13.3. The van der Waals surface area contributed by atoms with Gasteiger partial charge < -0.3 is 15.8 Å². The molecule has 1 rings (SSSR count). The average molecular weight is 240 g/mol. The summed E-state index contributed by atoms with van der Waals surface area (Å²) < 4.78 is 18.6. The molecule has 2 atom stereocenters. The fourth-order valence-corrected chi connectivity index (χ4v) is 2.13. The summed E-state index contributed by atoms with van der Waals surface area (Å²) in [4.78, 5) is 0. The van der Waals surface area contributed by atoms with E-state index in [1.54, 1.807) is 13.2 Å². The molecular weight excluding hydrogens is 219 g/mol. The summed E-state index contributed by atoms with van der Waals surface area (Å²) in [5, 5.41) is 3.20. The predicted molar refractivity (Wildman–Crippen MR) is 67.6 cm³/mol. The zero-order valence-corrected chi connectivity index (χ0v) is 10.7. The second-order valence-corrected chi connectivity index (χ2v) is 4.06. The second-order valence-electron chi connectivity index (χ2n) is 4.06. The normalized spacial score (nSPS) is 14.4. The van der Waals surface area contributed by atoms with Crippen molar-refractivity contribution in [1.82, 2.24) is 5.32 Å². The number of nitrogens with two attached hydrogens (primary N) is 1. The van der Waals surface area contributed by atoms with Crippen molar-refractivity contribution < 1.29 is 9.13 Å². The number of benzene rings is 1. The molecule has 1 aromatic rings. The fourth-order valence-electron chi connectivity index (χ4n) is 2.13. The van der Waals surface area contributed by atoms with Crippen molar-refractivity contribution in [2.45, 2.75) is 19.4 Å². The zero-order chi connectivity index (χ0) is 12.8. The van der Waals surface area contributed by atoms with Gasteiger partial charge in [-0.1, -0.05) is 13.3 Å². The van der Waals surface area contributed by atoms with Gasteiger partial charge in [-0.25, -0.2) is 4.39 Å². The second kappa shape index (κ2) is 6.57. The van der Waals surface area contributed by atoms with Crippen LogP contribution in [0.2, 0.25) is 0 Å². The minimum absolute atomic E-state index is 0.00986. The Hall–Kier alpha value is -1.13. The lowest BCUT2D eigenvalue weighted by Crippen LogP contribution is -2.30. The third-order valence-electron chi connectivity index (χ3n) is 3.14. The Morgan fingerprint density at radius 3 is 2.65 bits per heavy atom. The highest BCUT2D eigenvalue weighted by molar-refractivity contribution is 5.37. The van der Waals surface area contributed by atoms with Gasteiger partial charge in [0, 0.05) is 11.6 Å². The lowest BCUT2D eigenvalue weighted by Gasteiger charge is -2.26. The highest BCUT2D eigenvalue weighted by atomic mass is 19.1. The minimum Gasteiger partial charge on any atom is -0.496 e. The first kappa shape index (κ1) is 13.9. The molecule has 0 bridgehead atoms. The molecule has 0 aliphatic heterocycles. The number of nitrogens with one attached hydrogen (secondary N) is 1. The van der Waals surface area contributed by atoms with Gasteiger partial charge in [-0.2, -0.15) is 0 Å². The first-order chi connectivity index (χ1) is 8.17. The van der Waals surface area contributed by atoms with Crippen LogP contribution in [0.15, 0.2) is 18.2 Å². The van der Waals surface area contributed by atoms with E-state index in [1.165, 1.54) is 12.1 Å². The van der Waals surface area contributed by atoms with Crippen molar-refractivity contribution in [2.75, 3.05) is 20.7 Å². The summed E-state index contributed by atoms with van der Waals surface area (Å²) in [6.07, 6.45) is 0.932. The molecule has 0 radical (unpaired) electrons. The van der Waals surface area contributed by atoms with Crippen LogP contribution in [0.1, 0.15) is 24.9 Å². The standard InChI is InChI=1S/C13H21FN2O/c1-4-9(8-15)13(16-2)11-7-10(14)5-6-12(11)17-3/h5-7,9,13,16H,4,8,15H2,1-3H3. The summed E-state index contributed by atoms with van der Waals surface area (Å²) in [6, 6.07) is 4.57. The van der Waals surface area contributed by atoms with E-state index in [4.69, 9.17) is 10.5 Å². The summed E-state index contributed by atoms with van der Waals surface area (Å²) in [6.45, 7) is 2.63. The molecule has 3 N–H and O–H groups in total. The van der Waals surface area contributed by atoms with Gasteiger partial charge in [0.15, 0.2) is 0 Å². The van der Waals surface area contributed by atoms with Crippen LogP contribution in [0.3, 0.4) is 0 Å². The molecule has 3 nitrogen and oxygen atoms in total. The van der Waals surface area contributed by atoms with E-state index in [-0.39, 0.29) is 17.8 Å². The van der Waals surface area contributed by atoms with E-state index in [1.807, 2.05) is 7.05 Å². The number of halogens is 1. The van der Waals surface area contributed by atoms with E-state index < -0.39 is 0 Å². The monoisotopic (exact) mass is 240 g/mol. The lowest BCUT2D eigenvalue weighted by atomic mass is 9.90. The fraction of sp³-hybridized carbons (Fsp3) is 0.538. The zero-order valence-electron chi connectivity index (χ0n) is 10.7. The van der Waals surface area contributed by atoms with Crippen LogP contribution >= 0.6 is 0 Å². The van der Waals surface area contributed by atoms with Crippen molar-refractivity contribution in [2.24, 2.45) is 11.7 Å². The Kier molecular flexibility index (Phi) is 5.38. The van der Waals surface area contributed by atoms with E-state index in [0.29, 0.717) is 12.3 Å². The largest absolute Gasteiger partial charge is 0.496 e. The maximum Gasteiger partial charge on any atom is 0.123 e. The number of rotatable bonds is 6. The molecule has 0 spiro atoms. The van der Waals surface area contributed by atoms with Crippen LogP contribution in [-0.2, 0) is 0 Å². The summed E-state index contributed by atoms with van der Waals surface area (Å²) in [5.41, 5.74) is 6.58. The van der Waals surface area contributed by atoms with Gasteiger partial charge in [-0.05, 0) is 37.7 Å². The van der Waals surface area contributed by atoms with Crippen molar-refractivity contribution in [3.63, 3.8) is 0 Å². The first-order valence-corrected chi connectivity index (χ1v) is 5.88. The van der Waals surface area contributed by atoms with Crippen molar-refractivity contribution >= 4 is 0 Å². The molecule has 0 aliphatic rings. The summed E-state index contributed by atoms with van der Waals surface area (Å²) in [5.74, 6) is 0.696. The summed E-state index contributed by atoms with van der Waals surface area (Å²) >= 11 is 0. The Labute approximate surface area is 102 Å². The van der Waals surface area contributed by atoms with Crippen LogP contribution < -0.4 is 15.8 Å². The molecule has 0 saturated heterocycles. The van der Waals surface area contributed by atoms with E-state index in [0.717, 1.165) is 12.0 Å². The smallest absolute Gasteiger partial charge is 0.123 e. The molecule has 17 heavy (non-hydrogen) atoms. The van der Waals surface area contributed by atoms with Crippen molar-refractivity contribution in [3.8, 4) is 5.75 Å². The Bertz CT molecular complexity index is 353. The molecule has 4 heteroatoms. The van der Waals surface area contributed by atoms with Crippen molar-refractivity contribution in [3.05, 3.63) is 29.6 Å². The predicted octanol–water partition coefficient (Wildman–Crippen LogP) is 2.08. The molecule has 0 aliphatic carbocycles. The van der Waals surface area contributed by atoms with Crippen LogP contribution in [-0.4, -0.2) is 20.7 Å². The molecule has 2 unspecified atom stereocenters. The molecule has 0 saturated carbocycles. The quantitative estimate of drug-likeness (QED) is 0.800. The van der Waals surface area contributed by atoms with Crippen molar-refractivity contribution in [1.29, 1.82) is 0 Å². The van der Waals surface area contributed by atoms with Crippen LogP contribution in [0.5, 0.6) is 5.75 Å². The van der Waals surface area contributed by atoms with Crippen LogP contribution in [0, 0.1) is 11.7 Å². The van der Waals surface area contributed by atoms with E-state index in [9.17, 15) is 4.39 Å². The highest BCUT2D eigenvalue weighted by Crippen LogP contribution is 2.31. The van der Waals surface area contributed by atoms with Gasteiger partial charge >= 0.3 is 0 Å². The Morgan fingerprint density at radius 2 is 2.18 bits per heavy atom. The first-order valence-electron chi connectivity index (χ1n) is 5.88. The molecule has 0 aromatic heterocycles. The molecule has 96 valence electrons. The summed E-state index contributed by atoms with van der Waals surface area (Å²) in [7, 11) is 3.44. The topological polar surface area (TPSA) is 47.3 Å². The molecule has 1 aromatic carbocycles. The van der Waals surface area contributed by atoms with E-state index >= 15 is 0 Å². The Morgan fingerprint density at radius 1 is 1.47 bits per heavy atom. The number of ether oxygens (including phenoxy) is 1. The molecule has 0 amide bonds. The highest BCUT2D eigenvalue weighted by Gasteiger charge is 2.22. The van der Waals surface area contributed by atoms with Gasteiger partial charge in [0.1, 0.15) is 11.6 Å². The van der Waals surface area contributed by atoms with Gasteiger partial charge in [0.2, 0.25) is 0 Å². The van der Waals surface area contributed by atoms with Gasteiger partial charge in [0.25, 0.3) is 0 Å². The van der Waals surface area contributed by atoms with Crippen LogP contribution in [0.25, 0.3) is 0 Å². The minimum atomic E-state index is -0.257. The van der Waals surface area contributed by atoms with Gasteiger partial charge in [-0.3, -0.25) is 0 Å². The SMILES string of the molecule is CCC(CN)C(NC)c1cc(F)ccc1OC.